The maximum absolute atomic E-state index is 14.8. The van der Waals surface area contributed by atoms with Crippen LogP contribution in [0, 0.1) is 0 Å². The second-order valence-electron chi connectivity index (χ2n) is 20.0. The van der Waals surface area contributed by atoms with Crippen molar-refractivity contribution in [1.82, 2.24) is 19.5 Å². The third kappa shape index (κ3) is 6.04. The zero-order chi connectivity index (χ0) is 48.7. The summed E-state index contributed by atoms with van der Waals surface area (Å²) in [5.41, 5.74) is 13.1. The van der Waals surface area contributed by atoms with Crippen LogP contribution in [-0.4, -0.2) is 27.9 Å². The number of nitrogens with zero attached hydrogens (tertiary/aromatic N) is 5. The lowest BCUT2D eigenvalue weighted by Gasteiger charge is -2.42. The van der Waals surface area contributed by atoms with Gasteiger partial charge < -0.3 is 9.32 Å². The normalized spacial score (nSPS) is 15.1. The predicted octanol–water partition coefficient (Wildman–Crippen LogP) is 15.5. The van der Waals surface area contributed by atoms with Crippen molar-refractivity contribution >= 4 is 70.6 Å². The first-order valence-electron chi connectivity index (χ1n) is 24.3. The van der Waals surface area contributed by atoms with Gasteiger partial charge in [-0.25, -0.2) is 13.4 Å². The summed E-state index contributed by atoms with van der Waals surface area (Å²) >= 11 is 0. The molecule has 12 aromatic rings. The molecule has 0 bridgehead atoms. The highest BCUT2D eigenvalue weighted by Gasteiger charge is 2.42. The van der Waals surface area contributed by atoms with Crippen LogP contribution in [0.25, 0.3) is 83.6 Å². The van der Waals surface area contributed by atoms with E-state index in [1.807, 2.05) is 103 Å². The van der Waals surface area contributed by atoms with E-state index in [9.17, 15) is 8.42 Å². The summed E-state index contributed by atoms with van der Waals surface area (Å²) in [6.45, 7) is 8.84. The monoisotopic (exact) mass is 951 g/mol. The summed E-state index contributed by atoms with van der Waals surface area (Å²) in [6.07, 6.45) is 0. The van der Waals surface area contributed by atoms with Gasteiger partial charge in [0.05, 0.1) is 37.6 Å². The van der Waals surface area contributed by atoms with Crippen LogP contribution in [0.5, 0.6) is 0 Å². The molecule has 0 aliphatic carbocycles. The SMILES string of the molecule is CC1(C)c2ccccc2N(c2ccc3c(c2)C(C)(C)c2cc(-c4ccc5c(c4)c4ccc6oc7ccccc7c6c4n5-c4nc(-c5ccccc5)nc(-c5ccccc5)n4)ccc2S3(=O)=O)c2ccccc21. The van der Waals surface area contributed by atoms with E-state index >= 15 is 0 Å². The maximum Gasteiger partial charge on any atom is 0.238 e. The van der Waals surface area contributed by atoms with E-state index in [0.717, 1.165) is 94.2 Å². The lowest BCUT2D eigenvalue weighted by atomic mass is 9.73. The number of furan rings is 1. The quantitative estimate of drug-likeness (QED) is 0.170. The van der Waals surface area contributed by atoms with E-state index in [0.29, 0.717) is 27.4 Å². The molecule has 0 N–H and O–H groups in total. The molecule has 0 saturated heterocycles. The lowest BCUT2D eigenvalue weighted by molar-refractivity contribution is 0.556. The van der Waals surface area contributed by atoms with Gasteiger partial charge in [0.2, 0.25) is 15.8 Å². The Labute approximate surface area is 416 Å². The highest BCUT2D eigenvalue weighted by molar-refractivity contribution is 7.91. The van der Waals surface area contributed by atoms with Crippen molar-refractivity contribution < 1.29 is 12.8 Å². The number of para-hydroxylation sites is 3. The fourth-order valence-electron chi connectivity index (χ4n) is 11.6. The second kappa shape index (κ2) is 15.2. The summed E-state index contributed by atoms with van der Waals surface area (Å²) in [5, 5.41) is 3.94. The van der Waals surface area contributed by atoms with E-state index in [-0.39, 0.29) is 5.41 Å². The van der Waals surface area contributed by atoms with Crippen LogP contribution in [0.1, 0.15) is 49.9 Å². The number of sulfone groups is 1. The Bertz CT molecular complexity index is 4260. The lowest BCUT2D eigenvalue weighted by Crippen LogP contribution is -2.32. The van der Waals surface area contributed by atoms with Crippen LogP contribution in [0.2, 0.25) is 0 Å². The maximum atomic E-state index is 14.8. The number of hydrogen-bond acceptors (Lipinski definition) is 7. The van der Waals surface area contributed by atoms with Crippen LogP contribution in [0.15, 0.2) is 214 Å². The molecule has 0 spiro atoms. The largest absolute Gasteiger partial charge is 0.456 e. The molecule has 0 amide bonds. The second-order valence-corrected chi connectivity index (χ2v) is 21.9. The Morgan fingerprint density at radius 2 is 1.00 bits per heavy atom. The van der Waals surface area contributed by atoms with Gasteiger partial charge in [0, 0.05) is 43.8 Å². The molecule has 14 rings (SSSR count). The minimum absolute atomic E-state index is 0.224. The van der Waals surface area contributed by atoms with Crippen LogP contribution in [0.3, 0.4) is 0 Å². The van der Waals surface area contributed by atoms with Crippen molar-refractivity contribution in [2.24, 2.45) is 0 Å². The average molecular weight is 952 g/mol. The van der Waals surface area contributed by atoms with Crippen LogP contribution in [-0.2, 0) is 20.7 Å². The van der Waals surface area contributed by atoms with E-state index in [1.54, 1.807) is 6.07 Å². The third-order valence-corrected chi connectivity index (χ3v) is 17.1. The van der Waals surface area contributed by atoms with Crippen LogP contribution in [0.4, 0.5) is 17.1 Å². The van der Waals surface area contributed by atoms with Gasteiger partial charge in [-0.3, -0.25) is 4.57 Å². The molecule has 9 aromatic carbocycles. The number of fused-ring (bicyclic) bond motifs is 11. The molecule has 9 heteroatoms. The van der Waals surface area contributed by atoms with Gasteiger partial charge in [-0.15, -0.1) is 0 Å². The first-order valence-corrected chi connectivity index (χ1v) is 25.7. The van der Waals surface area contributed by atoms with Crippen molar-refractivity contribution in [2.75, 3.05) is 4.90 Å². The van der Waals surface area contributed by atoms with Gasteiger partial charge in [0.25, 0.3) is 0 Å². The van der Waals surface area contributed by atoms with Crippen molar-refractivity contribution in [1.29, 1.82) is 0 Å². The summed E-state index contributed by atoms with van der Waals surface area (Å²) in [4.78, 5) is 18.5. The van der Waals surface area contributed by atoms with Gasteiger partial charge >= 0.3 is 0 Å². The van der Waals surface area contributed by atoms with Gasteiger partial charge in [0.1, 0.15) is 11.2 Å². The molecule has 0 radical (unpaired) electrons. The average Bonchev–Trinajstić information content (AvgIpc) is 3.96. The molecule has 2 aliphatic heterocycles. The molecular formula is C63H45N5O3S. The number of hydrogen-bond donors (Lipinski definition) is 0. The highest BCUT2D eigenvalue weighted by atomic mass is 32.2. The first kappa shape index (κ1) is 42.2. The molecule has 72 heavy (non-hydrogen) atoms. The zero-order valence-electron chi connectivity index (χ0n) is 39.9. The van der Waals surface area contributed by atoms with E-state index < -0.39 is 15.3 Å². The van der Waals surface area contributed by atoms with Crippen molar-refractivity contribution in [3.05, 3.63) is 222 Å². The van der Waals surface area contributed by atoms with Crippen molar-refractivity contribution in [3.63, 3.8) is 0 Å². The van der Waals surface area contributed by atoms with Gasteiger partial charge in [-0.05, 0) is 106 Å². The topological polar surface area (TPSA) is 94.1 Å². The Balaban J connectivity index is 0.954. The third-order valence-electron chi connectivity index (χ3n) is 15.3. The molecule has 5 heterocycles. The molecular weight excluding hydrogens is 907 g/mol. The molecule has 3 aromatic heterocycles. The summed E-state index contributed by atoms with van der Waals surface area (Å²) in [5.74, 6) is 1.60. The Morgan fingerprint density at radius 1 is 0.444 bits per heavy atom. The standard InChI is InChI=1S/C63H45N5O3S/c1-62(2)46-22-12-14-24-51(46)67(52-25-15-13-23-47(52)62)42-29-34-56-49(37-42)63(3,4)48-36-41(28-33-55(48)72(56,69)70)40-27-31-50-45(35-40)43-30-32-54-57(44-21-11-16-26-53(44)71-54)58(43)68(50)61-65-59(38-17-7-5-8-18-38)64-60(66-61)39-19-9-6-10-20-39/h5-37H,1-4H3. The van der Waals surface area contributed by atoms with Gasteiger partial charge in [0.15, 0.2) is 11.6 Å². The summed E-state index contributed by atoms with van der Waals surface area (Å²) in [6, 6.07) is 67.6. The number of anilines is 3. The minimum Gasteiger partial charge on any atom is -0.456 e. The fourth-order valence-corrected chi connectivity index (χ4v) is 13.6. The van der Waals surface area contributed by atoms with Gasteiger partial charge in [-0.2, -0.15) is 9.97 Å². The molecule has 0 atom stereocenters. The smallest absolute Gasteiger partial charge is 0.238 e. The number of rotatable bonds is 5. The molecule has 346 valence electrons. The molecule has 0 unspecified atom stereocenters. The van der Waals surface area contributed by atoms with Crippen molar-refractivity contribution in [2.45, 2.75) is 48.3 Å². The van der Waals surface area contributed by atoms with Gasteiger partial charge in [-0.1, -0.05) is 155 Å². The zero-order valence-corrected chi connectivity index (χ0v) is 40.7. The first-order chi connectivity index (χ1) is 35.0. The Kier molecular flexibility index (Phi) is 8.90. The van der Waals surface area contributed by atoms with Crippen LogP contribution < -0.4 is 4.90 Å². The Morgan fingerprint density at radius 3 is 1.68 bits per heavy atom. The minimum atomic E-state index is -3.88. The van der Waals surface area contributed by atoms with E-state index in [1.165, 1.54) is 11.1 Å². The highest BCUT2D eigenvalue weighted by Crippen LogP contribution is 2.54. The number of aromatic nitrogens is 4. The molecule has 8 nitrogen and oxygen atoms in total. The Hall–Kier alpha value is -8.66. The summed E-state index contributed by atoms with van der Waals surface area (Å²) in [7, 11) is -3.88. The molecule has 2 aliphatic rings. The fraction of sp³-hybridized carbons (Fsp3) is 0.0952. The van der Waals surface area contributed by atoms with E-state index in [4.69, 9.17) is 19.4 Å². The van der Waals surface area contributed by atoms with E-state index in [2.05, 4.69) is 128 Å². The number of benzene rings is 9. The predicted molar refractivity (Wildman–Crippen MR) is 289 cm³/mol. The van der Waals surface area contributed by atoms with Crippen molar-refractivity contribution in [3.8, 4) is 39.9 Å². The molecule has 0 saturated carbocycles. The summed E-state index contributed by atoms with van der Waals surface area (Å²) < 4.78 is 38.3. The molecule has 0 fully saturated rings. The van der Waals surface area contributed by atoms with Crippen LogP contribution >= 0.6 is 0 Å².